The van der Waals surface area contributed by atoms with Gasteiger partial charge in [0, 0.05) is 5.92 Å². The van der Waals surface area contributed by atoms with Gasteiger partial charge in [-0.25, -0.2) is 13.2 Å². The van der Waals surface area contributed by atoms with Gasteiger partial charge in [-0.2, -0.15) is 13.2 Å². The van der Waals surface area contributed by atoms with E-state index in [0.717, 1.165) is 18.1 Å². The molecule has 0 amide bonds. The normalized spacial score (nSPS) is 11.2. The van der Waals surface area contributed by atoms with Crippen molar-refractivity contribution in [2.45, 2.75) is 13.1 Å². The van der Waals surface area contributed by atoms with Crippen LogP contribution in [0.5, 0.6) is 5.75 Å². The Morgan fingerprint density at radius 3 is 2.18 bits per heavy atom. The molecule has 0 aliphatic heterocycles. The van der Waals surface area contributed by atoms with Gasteiger partial charge < -0.3 is 4.74 Å². The maximum absolute atomic E-state index is 14.5. The topological polar surface area (TPSA) is 9.23 Å². The molecule has 0 aliphatic rings. The quantitative estimate of drug-likeness (QED) is 0.378. The first-order valence-corrected chi connectivity index (χ1v) is 8.14. The average Bonchev–Trinajstić information content (AvgIpc) is 2.60. The molecule has 3 aromatic rings. The van der Waals surface area contributed by atoms with Crippen molar-refractivity contribution < 1.29 is 31.1 Å². The van der Waals surface area contributed by atoms with Crippen LogP contribution in [0.2, 0.25) is 0 Å². The van der Waals surface area contributed by atoms with E-state index in [1.807, 2.05) is 6.92 Å². The van der Waals surface area contributed by atoms with E-state index in [9.17, 15) is 26.3 Å². The summed E-state index contributed by atoms with van der Waals surface area (Å²) >= 11 is 0. The van der Waals surface area contributed by atoms with Crippen LogP contribution in [0.15, 0.2) is 42.5 Å². The second kappa shape index (κ2) is 7.47. The second-order valence-electron chi connectivity index (χ2n) is 5.81. The van der Waals surface area contributed by atoms with E-state index in [-0.39, 0.29) is 5.39 Å². The summed E-state index contributed by atoms with van der Waals surface area (Å²) < 4.78 is 85.1. The summed E-state index contributed by atoms with van der Waals surface area (Å²) in [6, 6.07) is 9.78. The lowest BCUT2D eigenvalue weighted by molar-refractivity contribution is -0.0696. The summed E-state index contributed by atoms with van der Waals surface area (Å²) in [5.74, 6) is -1.00. The first-order chi connectivity index (χ1) is 13.2. The second-order valence-corrected chi connectivity index (χ2v) is 5.81. The van der Waals surface area contributed by atoms with Gasteiger partial charge in [0.15, 0.2) is 5.82 Å². The van der Waals surface area contributed by atoms with E-state index in [1.54, 1.807) is 24.3 Å². The SMILES string of the molecule is CCOc1ccc(-c2cc(F)c3c(F)c(C#CC(F)(F)F)c(F)cc3c2)cc1. The number of fused-ring (bicyclic) bond motifs is 1. The van der Waals surface area contributed by atoms with Crippen molar-refractivity contribution >= 4 is 10.8 Å². The fourth-order valence-corrected chi connectivity index (χ4v) is 2.74. The molecule has 0 heterocycles. The first kappa shape index (κ1) is 19.6. The van der Waals surface area contributed by atoms with Crippen LogP contribution in [0.25, 0.3) is 21.9 Å². The van der Waals surface area contributed by atoms with Crippen LogP contribution in [-0.4, -0.2) is 12.8 Å². The van der Waals surface area contributed by atoms with Crippen LogP contribution in [0.4, 0.5) is 26.3 Å². The first-order valence-electron chi connectivity index (χ1n) is 8.14. The lowest BCUT2D eigenvalue weighted by Gasteiger charge is -2.10. The van der Waals surface area contributed by atoms with Gasteiger partial charge in [-0.1, -0.05) is 18.1 Å². The number of hydrogen-bond donors (Lipinski definition) is 0. The fraction of sp³-hybridized carbons (Fsp3) is 0.143. The molecule has 0 spiro atoms. The van der Waals surface area contributed by atoms with Gasteiger partial charge in [0.2, 0.25) is 0 Å². The Hall–Kier alpha value is -3.14. The molecule has 7 heteroatoms. The summed E-state index contributed by atoms with van der Waals surface area (Å²) in [4.78, 5) is 0. The molecule has 3 aromatic carbocycles. The van der Waals surface area contributed by atoms with Crippen LogP contribution < -0.4 is 4.74 Å². The molecule has 0 radical (unpaired) electrons. The van der Waals surface area contributed by atoms with Crippen molar-refractivity contribution in [2.75, 3.05) is 6.61 Å². The Balaban J connectivity index is 2.12. The van der Waals surface area contributed by atoms with Gasteiger partial charge in [-0.3, -0.25) is 0 Å². The van der Waals surface area contributed by atoms with Gasteiger partial charge in [0.25, 0.3) is 0 Å². The van der Waals surface area contributed by atoms with Gasteiger partial charge >= 0.3 is 6.18 Å². The minimum atomic E-state index is -4.93. The van der Waals surface area contributed by atoms with Crippen LogP contribution in [0.3, 0.4) is 0 Å². The molecule has 0 aromatic heterocycles. The molecule has 0 aliphatic carbocycles. The largest absolute Gasteiger partial charge is 0.494 e. The number of benzene rings is 3. The molecule has 0 atom stereocenters. The van der Waals surface area contributed by atoms with Crippen molar-refractivity contribution in [3.63, 3.8) is 0 Å². The predicted molar refractivity (Wildman–Crippen MR) is 93.4 cm³/mol. The third-order valence-corrected chi connectivity index (χ3v) is 3.91. The van der Waals surface area contributed by atoms with E-state index >= 15 is 0 Å². The molecule has 144 valence electrons. The minimum absolute atomic E-state index is 0.128. The highest BCUT2D eigenvalue weighted by Gasteiger charge is 2.24. The Bertz CT molecular complexity index is 1090. The molecule has 1 nitrogen and oxygen atoms in total. The minimum Gasteiger partial charge on any atom is -0.494 e. The molecule has 0 saturated carbocycles. The Labute approximate surface area is 156 Å². The molecule has 0 saturated heterocycles. The summed E-state index contributed by atoms with van der Waals surface area (Å²) in [6.45, 7) is 2.30. The Kier molecular flexibility index (Phi) is 5.23. The fourth-order valence-electron chi connectivity index (χ4n) is 2.74. The van der Waals surface area contributed by atoms with Gasteiger partial charge in [-0.05, 0) is 53.8 Å². The zero-order chi connectivity index (χ0) is 20.5. The maximum atomic E-state index is 14.5. The molecule has 28 heavy (non-hydrogen) atoms. The summed E-state index contributed by atoms with van der Waals surface area (Å²) in [7, 11) is 0. The Morgan fingerprint density at radius 1 is 0.893 bits per heavy atom. The van der Waals surface area contributed by atoms with Crippen molar-refractivity contribution in [3.8, 4) is 28.7 Å². The van der Waals surface area contributed by atoms with E-state index in [4.69, 9.17) is 4.74 Å². The number of rotatable bonds is 3. The van der Waals surface area contributed by atoms with Crippen molar-refractivity contribution in [1.29, 1.82) is 0 Å². The monoisotopic (exact) mass is 394 g/mol. The highest BCUT2D eigenvalue weighted by Crippen LogP contribution is 2.32. The van der Waals surface area contributed by atoms with Crippen molar-refractivity contribution in [3.05, 3.63) is 65.5 Å². The van der Waals surface area contributed by atoms with E-state index < -0.39 is 34.6 Å². The average molecular weight is 394 g/mol. The van der Waals surface area contributed by atoms with Crippen LogP contribution >= 0.6 is 0 Å². The van der Waals surface area contributed by atoms with Crippen LogP contribution in [-0.2, 0) is 0 Å². The Morgan fingerprint density at radius 2 is 1.57 bits per heavy atom. The molecular formula is C21H12F6O. The zero-order valence-electron chi connectivity index (χ0n) is 14.4. The number of ether oxygens (including phenoxy) is 1. The molecule has 0 N–H and O–H groups in total. The highest BCUT2D eigenvalue weighted by atomic mass is 19.4. The third-order valence-electron chi connectivity index (χ3n) is 3.91. The lowest BCUT2D eigenvalue weighted by atomic mass is 9.98. The van der Waals surface area contributed by atoms with Crippen molar-refractivity contribution in [1.82, 2.24) is 0 Å². The number of hydrogen-bond acceptors (Lipinski definition) is 1. The van der Waals surface area contributed by atoms with E-state index in [0.29, 0.717) is 23.5 Å². The molecular weight excluding hydrogens is 382 g/mol. The van der Waals surface area contributed by atoms with Crippen LogP contribution in [0, 0.1) is 29.3 Å². The van der Waals surface area contributed by atoms with E-state index in [2.05, 4.69) is 0 Å². The van der Waals surface area contributed by atoms with Gasteiger partial charge in [0.1, 0.15) is 17.4 Å². The zero-order valence-corrected chi connectivity index (χ0v) is 14.4. The predicted octanol–water partition coefficient (Wildman–Crippen LogP) is 6.24. The number of alkyl halides is 3. The van der Waals surface area contributed by atoms with E-state index in [1.165, 1.54) is 12.0 Å². The molecule has 0 fully saturated rings. The summed E-state index contributed by atoms with van der Waals surface area (Å²) in [6.07, 6.45) is -4.93. The third kappa shape index (κ3) is 4.06. The van der Waals surface area contributed by atoms with Crippen molar-refractivity contribution in [2.24, 2.45) is 0 Å². The number of halogens is 6. The standard InChI is InChI=1S/C21H12F6O/c1-2-28-15-5-3-12(4-6-15)13-9-14-11-17(22)16(7-8-21(25,26)27)20(24)19(14)18(23)10-13/h3-6,9-11H,2H2,1H3. The smallest absolute Gasteiger partial charge is 0.458 e. The van der Waals surface area contributed by atoms with Crippen LogP contribution in [0.1, 0.15) is 12.5 Å². The summed E-state index contributed by atoms with van der Waals surface area (Å²) in [5, 5.41) is -0.751. The highest BCUT2D eigenvalue weighted by molar-refractivity contribution is 5.89. The maximum Gasteiger partial charge on any atom is 0.458 e. The lowest BCUT2D eigenvalue weighted by Crippen LogP contribution is -2.03. The molecule has 0 bridgehead atoms. The van der Waals surface area contributed by atoms with Gasteiger partial charge in [0.05, 0.1) is 17.6 Å². The summed E-state index contributed by atoms with van der Waals surface area (Å²) in [5.41, 5.74) is -0.204. The van der Waals surface area contributed by atoms with Gasteiger partial charge in [-0.15, -0.1) is 0 Å². The molecule has 3 rings (SSSR count). The molecule has 0 unspecified atom stereocenters.